The van der Waals surface area contributed by atoms with Gasteiger partial charge >= 0.3 is 0 Å². The van der Waals surface area contributed by atoms with Gasteiger partial charge in [0.2, 0.25) is 0 Å². The number of allylic oxidation sites excluding steroid dienone is 4. The summed E-state index contributed by atoms with van der Waals surface area (Å²) in [6.45, 7) is 6.96. The lowest BCUT2D eigenvalue weighted by Gasteiger charge is -2.13. The molecule has 0 atom stereocenters. The van der Waals surface area contributed by atoms with E-state index in [9.17, 15) is 0 Å². The third kappa shape index (κ3) is 2.91. The summed E-state index contributed by atoms with van der Waals surface area (Å²) < 4.78 is 0. The molecule has 0 saturated carbocycles. The summed E-state index contributed by atoms with van der Waals surface area (Å²) in [5.41, 5.74) is 12.2. The molecule has 0 bridgehead atoms. The fraction of sp³-hybridized carbons (Fsp3) is 0.292. The maximum Gasteiger partial charge on any atom is 0.0243 e. The van der Waals surface area contributed by atoms with E-state index < -0.39 is 0 Å². The molecule has 4 rings (SSSR count). The van der Waals surface area contributed by atoms with Gasteiger partial charge in [-0.25, -0.2) is 0 Å². The van der Waals surface area contributed by atoms with Crippen molar-refractivity contribution in [2.75, 3.05) is 0 Å². The molecular formula is C24H25Si. The number of hydrogen-bond acceptors (Lipinski definition) is 0. The van der Waals surface area contributed by atoms with Crippen molar-refractivity contribution in [2.45, 2.75) is 46.1 Å². The normalized spacial score (nSPS) is 16.5. The number of hydrogen-bond donors (Lipinski definition) is 0. The van der Waals surface area contributed by atoms with Gasteiger partial charge in [0.05, 0.1) is 0 Å². The Morgan fingerprint density at radius 3 is 2.04 bits per heavy atom. The van der Waals surface area contributed by atoms with Gasteiger partial charge in [-0.15, -0.1) is 0 Å². The van der Waals surface area contributed by atoms with Crippen molar-refractivity contribution < 1.29 is 0 Å². The zero-order valence-corrected chi connectivity index (χ0v) is 16.4. The Balaban J connectivity index is 1.66. The van der Waals surface area contributed by atoms with E-state index in [-0.39, 0.29) is 0 Å². The van der Waals surface area contributed by atoms with Gasteiger partial charge in [0.15, 0.2) is 0 Å². The molecule has 1 heteroatoms. The predicted octanol–water partition coefficient (Wildman–Crippen LogP) is 5.75. The maximum absolute atomic E-state index is 2.33. The van der Waals surface area contributed by atoms with Crippen LogP contribution in [0.15, 0.2) is 59.7 Å². The average Bonchev–Trinajstić information content (AvgIpc) is 3.13. The van der Waals surface area contributed by atoms with Gasteiger partial charge in [-0.3, -0.25) is 0 Å². The van der Waals surface area contributed by atoms with E-state index in [1.54, 1.807) is 16.3 Å². The van der Waals surface area contributed by atoms with Crippen LogP contribution in [0.25, 0.3) is 11.1 Å². The van der Waals surface area contributed by atoms with Crippen molar-refractivity contribution in [3.8, 4) is 0 Å². The first-order chi connectivity index (χ1) is 12.2. The number of benzene rings is 2. The molecule has 2 aromatic carbocycles. The van der Waals surface area contributed by atoms with Gasteiger partial charge in [-0.1, -0.05) is 66.2 Å². The molecule has 2 aromatic rings. The zero-order chi connectivity index (χ0) is 17.4. The van der Waals surface area contributed by atoms with Crippen LogP contribution >= 0.6 is 0 Å². The summed E-state index contributed by atoms with van der Waals surface area (Å²) in [6.07, 6.45) is 3.43. The van der Waals surface area contributed by atoms with Crippen LogP contribution in [0.4, 0.5) is 0 Å². The molecular weight excluding hydrogens is 316 g/mol. The maximum atomic E-state index is 2.33. The molecule has 2 aliphatic rings. The van der Waals surface area contributed by atoms with Crippen molar-refractivity contribution in [1.29, 1.82) is 0 Å². The van der Waals surface area contributed by atoms with E-state index in [1.165, 1.54) is 39.4 Å². The Hall–Kier alpha value is -1.99. The highest BCUT2D eigenvalue weighted by molar-refractivity contribution is 6.59. The largest absolute Gasteiger partial charge is 0.0649 e. The van der Waals surface area contributed by atoms with Crippen LogP contribution in [0.3, 0.4) is 0 Å². The highest BCUT2D eigenvalue weighted by Gasteiger charge is 2.23. The van der Waals surface area contributed by atoms with Crippen molar-refractivity contribution in [3.63, 3.8) is 0 Å². The van der Waals surface area contributed by atoms with Gasteiger partial charge in [-0.05, 0) is 78.1 Å². The molecule has 0 N–H and O–H groups in total. The molecule has 0 unspecified atom stereocenters. The van der Waals surface area contributed by atoms with E-state index in [0.29, 0.717) is 0 Å². The molecule has 125 valence electrons. The second-order valence-electron chi connectivity index (χ2n) is 7.19. The second-order valence-corrected chi connectivity index (χ2v) is 8.85. The monoisotopic (exact) mass is 341 g/mol. The van der Waals surface area contributed by atoms with Gasteiger partial charge in [0, 0.05) is 9.13 Å². The van der Waals surface area contributed by atoms with Crippen LogP contribution in [-0.4, -0.2) is 14.3 Å². The van der Waals surface area contributed by atoms with Crippen LogP contribution < -0.4 is 0 Å². The average molecular weight is 342 g/mol. The lowest BCUT2D eigenvalue weighted by Crippen LogP contribution is -2.11. The lowest BCUT2D eigenvalue weighted by atomic mass is 9.98. The Morgan fingerprint density at radius 2 is 1.44 bits per heavy atom. The summed E-state index contributed by atoms with van der Waals surface area (Å²) in [5.74, 6) is 0. The van der Waals surface area contributed by atoms with Crippen LogP contribution in [0, 0.1) is 0 Å². The van der Waals surface area contributed by atoms with E-state index in [2.05, 4.69) is 69.3 Å². The van der Waals surface area contributed by atoms with Crippen LogP contribution in [0.5, 0.6) is 0 Å². The third-order valence-electron chi connectivity index (χ3n) is 5.74. The van der Waals surface area contributed by atoms with Crippen molar-refractivity contribution >= 4 is 25.4 Å². The molecule has 0 nitrogen and oxygen atoms in total. The Labute approximate surface area is 153 Å². The van der Waals surface area contributed by atoms with Crippen molar-refractivity contribution in [1.82, 2.24) is 0 Å². The Kier molecular flexibility index (Phi) is 4.43. The summed E-state index contributed by atoms with van der Waals surface area (Å²) in [6, 6.07) is 19.1. The minimum absolute atomic E-state index is 0.941. The fourth-order valence-electron chi connectivity index (χ4n) is 4.35. The van der Waals surface area contributed by atoms with Gasteiger partial charge < -0.3 is 0 Å². The first kappa shape index (κ1) is 16.5. The highest BCUT2D eigenvalue weighted by atomic mass is 28.2. The summed E-state index contributed by atoms with van der Waals surface area (Å²) in [7, 11) is 0.941. The Morgan fingerprint density at radius 1 is 0.840 bits per heavy atom. The molecule has 0 spiro atoms. The zero-order valence-electron chi connectivity index (χ0n) is 15.4. The first-order valence-corrected chi connectivity index (χ1v) is 10.5. The van der Waals surface area contributed by atoms with Gasteiger partial charge in [0.1, 0.15) is 0 Å². The fourth-order valence-corrected chi connectivity index (χ4v) is 5.60. The second kappa shape index (κ2) is 6.72. The van der Waals surface area contributed by atoms with Gasteiger partial charge in [-0.2, -0.15) is 0 Å². The molecule has 0 amide bonds. The molecule has 0 aliphatic heterocycles. The summed E-state index contributed by atoms with van der Waals surface area (Å²) in [4.78, 5) is 0. The number of fused-ring (bicyclic) bond motifs is 2. The van der Waals surface area contributed by atoms with E-state index in [0.717, 1.165) is 28.4 Å². The molecule has 0 heterocycles. The molecule has 0 saturated heterocycles. The first-order valence-electron chi connectivity index (χ1n) is 9.34. The third-order valence-corrected chi connectivity index (χ3v) is 7.00. The topological polar surface area (TPSA) is 0 Å². The smallest absolute Gasteiger partial charge is 0.0243 e. The minimum Gasteiger partial charge on any atom is -0.0649 e. The lowest BCUT2D eigenvalue weighted by molar-refractivity contribution is 1.13. The Bertz CT molecular complexity index is 925. The molecule has 0 fully saturated rings. The van der Waals surface area contributed by atoms with Crippen molar-refractivity contribution in [3.05, 3.63) is 81.9 Å². The highest BCUT2D eigenvalue weighted by Crippen LogP contribution is 2.37. The molecule has 2 aliphatic carbocycles. The van der Waals surface area contributed by atoms with E-state index >= 15 is 0 Å². The molecule has 0 aromatic heterocycles. The molecule has 25 heavy (non-hydrogen) atoms. The molecule has 1 radical (unpaired) electrons. The van der Waals surface area contributed by atoms with E-state index in [1.807, 2.05) is 0 Å². The summed E-state index contributed by atoms with van der Waals surface area (Å²) in [5, 5.41) is 1.69. The number of rotatable bonds is 4. The SMILES string of the molecule is CC[Si]=C(CC1=C(C)c2ccccc2C1)C1=C(C)c2ccccc2C1. The summed E-state index contributed by atoms with van der Waals surface area (Å²) >= 11 is 0. The van der Waals surface area contributed by atoms with E-state index in [4.69, 9.17) is 0 Å². The minimum atomic E-state index is 0.941. The van der Waals surface area contributed by atoms with Gasteiger partial charge in [0.25, 0.3) is 0 Å². The van der Waals surface area contributed by atoms with Crippen LogP contribution in [0.2, 0.25) is 6.04 Å². The standard InChI is InChI=1S/C24H25Si/c1-4-25-24(23-14-19-10-6-8-12-22(19)17(23)3)15-20-13-18-9-5-7-11-21(18)16(20)2/h5-12H,4,13-15H2,1-3H3. The predicted molar refractivity (Wildman–Crippen MR) is 111 cm³/mol. The van der Waals surface area contributed by atoms with Crippen molar-refractivity contribution in [2.24, 2.45) is 0 Å². The quantitative estimate of drug-likeness (QED) is 0.621. The van der Waals surface area contributed by atoms with Crippen LogP contribution in [-0.2, 0) is 12.8 Å². The van der Waals surface area contributed by atoms with Crippen LogP contribution in [0.1, 0.15) is 49.4 Å².